The minimum atomic E-state index is -0.262. The van der Waals surface area contributed by atoms with Gasteiger partial charge in [-0.25, -0.2) is 9.97 Å². The third-order valence-electron chi connectivity index (χ3n) is 4.05. The maximum atomic E-state index is 9.83. The van der Waals surface area contributed by atoms with Gasteiger partial charge in [0.25, 0.3) is 0 Å². The van der Waals surface area contributed by atoms with E-state index in [0.717, 1.165) is 43.7 Å². The molecule has 4 N–H and O–H groups in total. The number of hydrogen-bond donors (Lipinski definition) is 3. The van der Waals surface area contributed by atoms with Gasteiger partial charge in [-0.2, -0.15) is 0 Å². The first-order chi connectivity index (χ1) is 9.57. The van der Waals surface area contributed by atoms with E-state index in [1.165, 1.54) is 6.42 Å². The molecule has 20 heavy (non-hydrogen) atoms. The molecule has 0 bridgehead atoms. The number of rotatable bonds is 5. The topological polar surface area (TPSA) is 84.1 Å². The van der Waals surface area contributed by atoms with Crippen molar-refractivity contribution in [3.05, 3.63) is 11.9 Å². The van der Waals surface area contributed by atoms with Crippen molar-refractivity contribution in [2.45, 2.75) is 57.9 Å². The van der Waals surface area contributed by atoms with E-state index in [9.17, 15) is 5.11 Å². The third kappa shape index (κ3) is 3.60. The SMILES string of the molecule is CCCc1nc(N)cc(NC2(CO)CCCC(C)C2)n1. The minimum Gasteiger partial charge on any atom is -0.394 e. The molecule has 112 valence electrons. The molecule has 2 atom stereocenters. The third-order valence-corrected chi connectivity index (χ3v) is 4.05. The van der Waals surface area contributed by atoms with Gasteiger partial charge in [-0.1, -0.05) is 26.7 Å². The van der Waals surface area contributed by atoms with Gasteiger partial charge in [0.15, 0.2) is 0 Å². The molecule has 1 aliphatic carbocycles. The summed E-state index contributed by atoms with van der Waals surface area (Å²) in [6.45, 7) is 4.46. The number of anilines is 2. The minimum absolute atomic E-state index is 0.129. The van der Waals surface area contributed by atoms with Crippen molar-refractivity contribution in [1.82, 2.24) is 9.97 Å². The summed E-state index contributed by atoms with van der Waals surface area (Å²) < 4.78 is 0. The van der Waals surface area contributed by atoms with Crippen LogP contribution in [0, 0.1) is 5.92 Å². The van der Waals surface area contributed by atoms with Crippen LogP contribution >= 0.6 is 0 Å². The van der Waals surface area contributed by atoms with Crippen molar-refractivity contribution in [2.24, 2.45) is 5.92 Å². The first-order valence-electron chi connectivity index (χ1n) is 7.59. The fourth-order valence-corrected chi connectivity index (χ4v) is 3.15. The summed E-state index contributed by atoms with van der Waals surface area (Å²) in [6.07, 6.45) is 6.12. The van der Waals surface area contributed by atoms with Crippen molar-refractivity contribution in [1.29, 1.82) is 0 Å². The number of aromatic nitrogens is 2. The number of nitrogens with two attached hydrogens (primary N) is 1. The fraction of sp³-hybridized carbons (Fsp3) is 0.733. The molecule has 5 nitrogen and oxygen atoms in total. The predicted molar refractivity (Wildman–Crippen MR) is 81.5 cm³/mol. The van der Waals surface area contributed by atoms with Crippen molar-refractivity contribution in [3.8, 4) is 0 Å². The second-order valence-electron chi connectivity index (χ2n) is 6.11. The Bertz CT molecular complexity index is 451. The zero-order valence-electron chi connectivity index (χ0n) is 12.5. The quantitative estimate of drug-likeness (QED) is 0.770. The van der Waals surface area contributed by atoms with Gasteiger partial charge in [0.2, 0.25) is 0 Å². The molecule has 1 heterocycles. The second-order valence-corrected chi connectivity index (χ2v) is 6.11. The lowest BCUT2D eigenvalue weighted by Crippen LogP contribution is -2.46. The maximum Gasteiger partial charge on any atom is 0.133 e. The molecule has 0 aliphatic heterocycles. The molecule has 5 heteroatoms. The Morgan fingerprint density at radius 3 is 2.95 bits per heavy atom. The summed E-state index contributed by atoms with van der Waals surface area (Å²) in [5.74, 6) is 2.62. The van der Waals surface area contributed by atoms with Crippen LogP contribution in [0.4, 0.5) is 11.6 Å². The number of aliphatic hydroxyl groups is 1. The maximum absolute atomic E-state index is 9.83. The number of hydrogen-bond acceptors (Lipinski definition) is 5. The first kappa shape index (κ1) is 15.0. The van der Waals surface area contributed by atoms with E-state index in [2.05, 4.69) is 29.1 Å². The van der Waals surface area contributed by atoms with E-state index in [4.69, 9.17) is 5.73 Å². The summed E-state index contributed by atoms with van der Waals surface area (Å²) in [5.41, 5.74) is 5.59. The summed E-state index contributed by atoms with van der Waals surface area (Å²) >= 11 is 0. The van der Waals surface area contributed by atoms with Crippen molar-refractivity contribution >= 4 is 11.6 Å². The standard InChI is InChI=1S/C15H26N4O/c1-3-5-13-17-12(16)8-14(18-13)19-15(10-20)7-4-6-11(2)9-15/h8,11,20H,3-7,9-10H2,1-2H3,(H3,16,17,18,19). The number of aliphatic hydroxyl groups excluding tert-OH is 1. The Morgan fingerprint density at radius 2 is 2.30 bits per heavy atom. The number of nitrogen functional groups attached to an aromatic ring is 1. The Kier molecular flexibility index (Phi) is 4.81. The second kappa shape index (κ2) is 6.39. The van der Waals surface area contributed by atoms with Crippen LogP contribution in [0.5, 0.6) is 0 Å². The smallest absolute Gasteiger partial charge is 0.133 e. The van der Waals surface area contributed by atoms with E-state index in [0.29, 0.717) is 11.7 Å². The first-order valence-corrected chi connectivity index (χ1v) is 7.59. The van der Waals surface area contributed by atoms with Gasteiger partial charge >= 0.3 is 0 Å². The van der Waals surface area contributed by atoms with E-state index >= 15 is 0 Å². The Hall–Kier alpha value is -1.36. The van der Waals surface area contributed by atoms with Crippen LogP contribution in [0.1, 0.15) is 51.8 Å². The van der Waals surface area contributed by atoms with Gasteiger partial charge in [-0.05, 0) is 25.2 Å². The lowest BCUT2D eigenvalue weighted by molar-refractivity contribution is 0.149. The molecule has 1 aromatic heterocycles. The molecular weight excluding hydrogens is 252 g/mol. The highest BCUT2D eigenvalue weighted by Crippen LogP contribution is 2.34. The summed E-state index contributed by atoms with van der Waals surface area (Å²) in [5, 5.41) is 13.3. The average molecular weight is 278 g/mol. The van der Waals surface area contributed by atoms with Gasteiger partial charge in [0, 0.05) is 12.5 Å². The van der Waals surface area contributed by atoms with Gasteiger partial charge in [-0.3, -0.25) is 0 Å². The summed E-state index contributed by atoms with van der Waals surface area (Å²) in [4.78, 5) is 8.77. The van der Waals surface area contributed by atoms with E-state index in [1.807, 2.05) is 0 Å². The van der Waals surface area contributed by atoms with Gasteiger partial charge < -0.3 is 16.2 Å². The molecule has 0 radical (unpaired) electrons. The van der Waals surface area contributed by atoms with Gasteiger partial charge in [-0.15, -0.1) is 0 Å². The summed E-state index contributed by atoms with van der Waals surface area (Å²) in [7, 11) is 0. The molecule has 0 amide bonds. The summed E-state index contributed by atoms with van der Waals surface area (Å²) in [6, 6.07) is 1.76. The van der Waals surface area contributed by atoms with Crippen LogP contribution in [-0.4, -0.2) is 27.2 Å². The Morgan fingerprint density at radius 1 is 1.50 bits per heavy atom. The molecule has 1 fully saturated rings. The Balaban J connectivity index is 2.18. The lowest BCUT2D eigenvalue weighted by atomic mass is 9.77. The number of aryl methyl sites for hydroxylation is 1. The van der Waals surface area contributed by atoms with Crippen LogP contribution in [0.2, 0.25) is 0 Å². The zero-order chi connectivity index (χ0) is 14.6. The molecule has 1 saturated carbocycles. The van der Waals surface area contributed by atoms with Crippen LogP contribution < -0.4 is 11.1 Å². The highest BCUT2D eigenvalue weighted by molar-refractivity contribution is 5.46. The highest BCUT2D eigenvalue weighted by Gasteiger charge is 2.34. The molecule has 0 saturated heterocycles. The van der Waals surface area contributed by atoms with Crippen molar-refractivity contribution in [3.63, 3.8) is 0 Å². The van der Waals surface area contributed by atoms with Crippen molar-refractivity contribution < 1.29 is 5.11 Å². The van der Waals surface area contributed by atoms with E-state index in [-0.39, 0.29) is 12.1 Å². The molecule has 1 aromatic rings. The van der Waals surface area contributed by atoms with E-state index in [1.54, 1.807) is 6.07 Å². The van der Waals surface area contributed by atoms with E-state index < -0.39 is 0 Å². The predicted octanol–water partition coefficient (Wildman–Crippen LogP) is 2.36. The monoisotopic (exact) mass is 278 g/mol. The molecule has 1 aliphatic rings. The number of nitrogens with one attached hydrogen (secondary N) is 1. The Labute approximate surface area is 121 Å². The molecule has 2 rings (SSSR count). The van der Waals surface area contributed by atoms with Gasteiger partial charge in [0.1, 0.15) is 17.5 Å². The number of nitrogens with zero attached hydrogens (tertiary/aromatic N) is 2. The largest absolute Gasteiger partial charge is 0.394 e. The molecular formula is C15H26N4O. The fourth-order valence-electron chi connectivity index (χ4n) is 3.15. The lowest BCUT2D eigenvalue weighted by Gasteiger charge is -2.39. The molecule has 0 aromatic carbocycles. The van der Waals surface area contributed by atoms with Crippen LogP contribution in [0.3, 0.4) is 0 Å². The average Bonchev–Trinajstić information content (AvgIpc) is 2.38. The van der Waals surface area contributed by atoms with Crippen LogP contribution in [-0.2, 0) is 6.42 Å². The van der Waals surface area contributed by atoms with Crippen LogP contribution in [0.15, 0.2) is 6.07 Å². The molecule has 0 spiro atoms. The van der Waals surface area contributed by atoms with Gasteiger partial charge in [0.05, 0.1) is 12.1 Å². The highest BCUT2D eigenvalue weighted by atomic mass is 16.3. The van der Waals surface area contributed by atoms with Crippen LogP contribution in [0.25, 0.3) is 0 Å². The molecule has 2 unspecified atom stereocenters. The zero-order valence-corrected chi connectivity index (χ0v) is 12.5. The van der Waals surface area contributed by atoms with Crippen molar-refractivity contribution in [2.75, 3.05) is 17.7 Å². The normalized spacial score (nSPS) is 26.4.